The Morgan fingerprint density at radius 2 is 2.19 bits per heavy atom. The van der Waals surface area contributed by atoms with Crippen molar-refractivity contribution in [1.29, 1.82) is 0 Å². The van der Waals surface area contributed by atoms with Crippen molar-refractivity contribution in [3.05, 3.63) is 34.4 Å². The molecule has 0 spiro atoms. The molecule has 0 atom stereocenters. The fourth-order valence-corrected chi connectivity index (χ4v) is 1.74. The normalized spacial score (nSPS) is 10.7. The average molecular weight is 286 g/mol. The van der Waals surface area contributed by atoms with E-state index < -0.39 is 0 Å². The molecule has 1 aromatic heterocycles. The molecule has 1 heterocycles. The minimum absolute atomic E-state index is 0.311. The molecule has 0 bridgehead atoms. The van der Waals surface area contributed by atoms with Crippen LogP contribution in [0.2, 0.25) is 0 Å². The Labute approximate surface area is 100 Å². The lowest BCUT2D eigenvalue weighted by Crippen LogP contribution is -2.04. The van der Waals surface area contributed by atoms with E-state index in [0.717, 1.165) is 0 Å². The Morgan fingerprint density at radius 3 is 2.88 bits per heavy atom. The summed E-state index contributed by atoms with van der Waals surface area (Å²) in [6.07, 6.45) is 0. The second kappa shape index (κ2) is 4.71. The predicted molar refractivity (Wildman–Crippen MR) is 60.2 cm³/mol. The third-order valence-corrected chi connectivity index (χ3v) is 2.36. The third kappa shape index (κ3) is 2.45. The lowest BCUT2D eigenvalue weighted by molar-refractivity contribution is 0.490. The number of nitrogens with one attached hydrogen (secondary N) is 1. The molecule has 16 heavy (non-hydrogen) atoms. The molecule has 0 aliphatic rings. The first-order valence-electron chi connectivity index (χ1n) is 4.62. The molecule has 0 saturated heterocycles. The average Bonchev–Trinajstić information content (AvgIpc) is 2.65. The summed E-state index contributed by atoms with van der Waals surface area (Å²) in [6.45, 7) is 0.490. The zero-order valence-electron chi connectivity index (χ0n) is 8.50. The van der Waals surface area contributed by atoms with E-state index in [1.807, 2.05) is 0 Å². The van der Waals surface area contributed by atoms with E-state index in [9.17, 15) is 4.39 Å². The van der Waals surface area contributed by atoms with Crippen molar-refractivity contribution in [3.63, 3.8) is 0 Å². The maximum atomic E-state index is 13.1. The minimum atomic E-state index is -0.349. The van der Waals surface area contributed by atoms with Crippen LogP contribution < -0.4 is 5.32 Å². The Bertz CT molecular complexity index is 480. The number of aromatic nitrogens is 2. The first-order valence-corrected chi connectivity index (χ1v) is 5.42. The van der Waals surface area contributed by atoms with Gasteiger partial charge >= 0.3 is 0 Å². The highest BCUT2D eigenvalue weighted by Crippen LogP contribution is 2.23. The van der Waals surface area contributed by atoms with Gasteiger partial charge in [-0.3, -0.25) is 0 Å². The molecule has 0 unspecified atom stereocenters. The number of nitrogens with zero attached hydrogens (tertiary/aromatic N) is 2. The number of benzene rings is 1. The Balaban J connectivity index is 2.34. The van der Waals surface area contributed by atoms with Crippen LogP contribution in [0.4, 0.5) is 4.39 Å². The zero-order valence-corrected chi connectivity index (χ0v) is 10.1. The van der Waals surface area contributed by atoms with Crippen molar-refractivity contribution >= 4 is 15.9 Å². The van der Waals surface area contributed by atoms with Gasteiger partial charge in [0.2, 0.25) is 11.8 Å². The standard InChI is InChI=1S/C10H9BrFN3O/c1-13-5-9-14-15-10(16-9)6-2-7(11)4-8(12)3-6/h2-4,13H,5H2,1H3. The lowest BCUT2D eigenvalue weighted by atomic mass is 10.2. The van der Waals surface area contributed by atoms with Gasteiger partial charge in [0.25, 0.3) is 0 Å². The van der Waals surface area contributed by atoms with E-state index in [4.69, 9.17) is 4.42 Å². The second-order valence-electron chi connectivity index (χ2n) is 3.19. The smallest absolute Gasteiger partial charge is 0.247 e. The van der Waals surface area contributed by atoms with Crippen LogP contribution in [-0.4, -0.2) is 17.2 Å². The number of rotatable bonds is 3. The molecule has 2 rings (SSSR count). The van der Waals surface area contributed by atoms with Crippen molar-refractivity contribution in [1.82, 2.24) is 15.5 Å². The van der Waals surface area contributed by atoms with E-state index in [0.29, 0.717) is 28.4 Å². The molecule has 0 fully saturated rings. The molecule has 6 heteroatoms. The summed E-state index contributed by atoms with van der Waals surface area (Å²) >= 11 is 3.21. The lowest BCUT2D eigenvalue weighted by Gasteiger charge is -1.97. The molecule has 0 radical (unpaired) electrons. The first kappa shape index (κ1) is 11.2. The summed E-state index contributed by atoms with van der Waals surface area (Å²) in [5, 5.41) is 10.6. The summed E-state index contributed by atoms with van der Waals surface area (Å²) in [5.74, 6) is 0.432. The van der Waals surface area contributed by atoms with Crippen LogP contribution in [0.1, 0.15) is 5.89 Å². The highest BCUT2D eigenvalue weighted by Gasteiger charge is 2.09. The third-order valence-electron chi connectivity index (χ3n) is 1.90. The molecular weight excluding hydrogens is 277 g/mol. The Kier molecular flexibility index (Phi) is 3.31. The molecular formula is C10H9BrFN3O. The van der Waals surface area contributed by atoms with E-state index in [2.05, 4.69) is 31.4 Å². The Morgan fingerprint density at radius 1 is 1.38 bits per heavy atom. The van der Waals surface area contributed by atoms with Gasteiger partial charge in [-0.15, -0.1) is 10.2 Å². The summed E-state index contributed by atoms with van der Waals surface area (Å²) in [4.78, 5) is 0. The summed E-state index contributed by atoms with van der Waals surface area (Å²) < 4.78 is 19.1. The zero-order chi connectivity index (χ0) is 11.5. The van der Waals surface area contributed by atoms with E-state index in [1.54, 1.807) is 13.1 Å². The monoisotopic (exact) mass is 285 g/mol. The summed E-state index contributed by atoms with van der Waals surface area (Å²) in [5.41, 5.74) is 0.557. The van der Waals surface area contributed by atoms with Crippen molar-refractivity contribution in [2.45, 2.75) is 6.54 Å². The van der Waals surface area contributed by atoms with Gasteiger partial charge in [0.05, 0.1) is 6.54 Å². The van der Waals surface area contributed by atoms with Crippen molar-refractivity contribution in [3.8, 4) is 11.5 Å². The molecule has 1 N–H and O–H groups in total. The maximum Gasteiger partial charge on any atom is 0.247 e. The van der Waals surface area contributed by atoms with Gasteiger partial charge in [-0.1, -0.05) is 15.9 Å². The molecule has 0 aliphatic heterocycles. The van der Waals surface area contributed by atoms with Crippen molar-refractivity contribution < 1.29 is 8.81 Å². The minimum Gasteiger partial charge on any atom is -0.419 e. The molecule has 1 aromatic carbocycles. The van der Waals surface area contributed by atoms with Crippen LogP contribution in [0.5, 0.6) is 0 Å². The van der Waals surface area contributed by atoms with Crippen LogP contribution in [-0.2, 0) is 6.54 Å². The molecule has 84 valence electrons. The number of halogens is 2. The van der Waals surface area contributed by atoms with Gasteiger partial charge in [0.1, 0.15) is 5.82 Å². The van der Waals surface area contributed by atoms with Gasteiger partial charge in [-0.05, 0) is 25.2 Å². The summed E-state index contributed by atoms with van der Waals surface area (Å²) in [6, 6.07) is 4.44. The van der Waals surface area contributed by atoms with E-state index >= 15 is 0 Å². The highest BCUT2D eigenvalue weighted by atomic mass is 79.9. The van der Waals surface area contributed by atoms with Crippen LogP contribution in [0.3, 0.4) is 0 Å². The van der Waals surface area contributed by atoms with Crippen LogP contribution >= 0.6 is 15.9 Å². The van der Waals surface area contributed by atoms with Gasteiger partial charge in [0, 0.05) is 10.0 Å². The first-order chi connectivity index (χ1) is 7.69. The topological polar surface area (TPSA) is 51.0 Å². The highest BCUT2D eigenvalue weighted by molar-refractivity contribution is 9.10. The molecule has 0 amide bonds. The van der Waals surface area contributed by atoms with Gasteiger partial charge in [-0.25, -0.2) is 4.39 Å². The van der Waals surface area contributed by atoms with Crippen LogP contribution in [0.25, 0.3) is 11.5 Å². The number of hydrogen-bond acceptors (Lipinski definition) is 4. The van der Waals surface area contributed by atoms with E-state index in [-0.39, 0.29) is 5.82 Å². The fraction of sp³-hybridized carbons (Fsp3) is 0.200. The molecule has 2 aromatic rings. The Hall–Kier alpha value is -1.27. The largest absolute Gasteiger partial charge is 0.419 e. The summed E-state index contributed by atoms with van der Waals surface area (Å²) in [7, 11) is 1.78. The molecule has 4 nitrogen and oxygen atoms in total. The van der Waals surface area contributed by atoms with Crippen molar-refractivity contribution in [2.75, 3.05) is 7.05 Å². The predicted octanol–water partition coefficient (Wildman–Crippen LogP) is 2.36. The second-order valence-corrected chi connectivity index (χ2v) is 4.11. The maximum absolute atomic E-state index is 13.1. The van der Waals surface area contributed by atoms with E-state index in [1.165, 1.54) is 12.1 Å². The van der Waals surface area contributed by atoms with Crippen LogP contribution in [0, 0.1) is 5.82 Å². The van der Waals surface area contributed by atoms with Crippen molar-refractivity contribution in [2.24, 2.45) is 0 Å². The van der Waals surface area contributed by atoms with Crippen LogP contribution in [0.15, 0.2) is 27.1 Å². The SMILES string of the molecule is CNCc1nnc(-c2cc(F)cc(Br)c2)o1. The van der Waals surface area contributed by atoms with Gasteiger partial charge < -0.3 is 9.73 Å². The molecule has 0 aliphatic carbocycles. The van der Waals surface area contributed by atoms with Gasteiger partial charge in [-0.2, -0.15) is 0 Å². The van der Waals surface area contributed by atoms with Gasteiger partial charge in [0.15, 0.2) is 0 Å². The number of hydrogen-bond donors (Lipinski definition) is 1. The molecule has 0 saturated carbocycles. The fourth-order valence-electron chi connectivity index (χ4n) is 1.27. The quantitative estimate of drug-likeness (QED) is 0.941.